The van der Waals surface area contributed by atoms with E-state index in [9.17, 15) is 4.79 Å². The summed E-state index contributed by atoms with van der Waals surface area (Å²) < 4.78 is 0. The summed E-state index contributed by atoms with van der Waals surface area (Å²) in [5.41, 5.74) is 1.18. The fourth-order valence-corrected chi connectivity index (χ4v) is 2.57. The summed E-state index contributed by atoms with van der Waals surface area (Å²) in [6, 6.07) is 2.15. The maximum Gasteiger partial charge on any atom is 0.238 e. The van der Waals surface area contributed by atoms with Gasteiger partial charge in [-0.1, -0.05) is 0 Å². The molecule has 1 rings (SSSR count). The first-order chi connectivity index (χ1) is 6.91. The van der Waals surface area contributed by atoms with Crippen LogP contribution in [0.25, 0.3) is 0 Å². The Morgan fingerprint density at radius 1 is 1.47 bits per heavy atom. The minimum absolute atomic E-state index is 0.0312. The smallest absolute Gasteiger partial charge is 0.238 e. The lowest BCUT2D eigenvalue weighted by atomic mass is 10.1. The van der Waals surface area contributed by atoms with Gasteiger partial charge in [0.15, 0.2) is 0 Å². The van der Waals surface area contributed by atoms with Gasteiger partial charge in [0.2, 0.25) is 5.91 Å². The maximum atomic E-state index is 11.4. The molecule has 1 N–H and O–H groups in total. The standard InChI is InChI=1S/C11H16ClNOS/c1-6-5-10(9(4)15-6)8(3)13-11(14)7(2)12/h5,7-8H,1-4H3,(H,13,14). The van der Waals surface area contributed by atoms with E-state index >= 15 is 0 Å². The Kier molecular flexibility index (Phi) is 4.17. The molecule has 0 spiro atoms. The van der Waals surface area contributed by atoms with Crippen molar-refractivity contribution >= 4 is 28.8 Å². The average molecular weight is 246 g/mol. The Bertz CT molecular complexity index is 359. The first-order valence-corrected chi connectivity index (χ1v) is 6.18. The summed E-state index contributed by atoms with van der Waals surface area (Å²) in [5, 5.41) is 2.41. The predicted molar refractivity (Wildman–Crippen MR) is 65.7 cm³/mol. The summed E-state index contributed by atoms with van der Waals surface area (Å²) >= 11 is 7.44. The number of thiophene rings is 1. The van der Waals surface area contributed by atoms with Gasteiger partial charge in [-0.05, 0) is 39.3 Å². The van der Waals surface area contributed by atoms with E-state index in [2.05, 4.69) is 25.2 Å². The van der Waals surface area contributed by atoms with Crippen LogP contribution in [0, 0.1) is 13.8 Å². The van der Waals surface area contributed by atoms with E-state index in [-0.39, 0.29) is 11.9 Å². The van der Waals surface area contributed by atoms with Crippen molar-refractivity contribution in [2.75, 3.05) is 0 Å². The molecule has 0 bridgehead atoms. The van der Waals surface area contributed by atoms with E-state index in [1.165, 1.54) is 15.3 Å². The quantitative estimate of drug-likeness (QED) is 0.815. The molecule has 2 nitrogen and oxygen atoms in total. The van der Waals surface area contributed by atoms with Gasteiger partial charge < -0.3 is 5.32 Å². The third-order valence-electron chi connectivity index (χ3n) is 2.27. The van der Waals surface area contributed by atoms with Crippen molar-refractivity contribution in [3.8, 4) is 0 Å². The van der Waals surface area contributed by atoms with Gasteiger partial charge in [-0.3, -0.25) is 4.79 Å². The maximum absolute atomic E-state index is 11.4. The van der Waals surface area contributed by atoms with Gasteiger partial charge in [0.05, 0.1) is 6.04 Å². The number of carbonyl (C=O) groups is 1. The van der Waals surface area contributed by atoms with Crippen LogP contribution in [0.5, 0.6) is 0 Å². The lowest BCUT2D eigenvalue weighted by Gasteiger charge is -2.14. The molecule has 0 aliphatic carbocycles. The molecule has 1 aromatic rings. The van der Waals surface area contributed by atoms with Crippen molar-refractivity contribution in [1.82, 2.24) is 5.32 Å². The molecule has 15 heavy (non-hydrogen) atoms. The van der Waals surface area contributed by atoms with Crippen LogP contribution in [0.3, 0.4) is 0 Å². The zero-order valence-electron chi connectivity index (χ0n) is 9.43. The number of alkyl halides is 1. The average Bonchev–Trinajstić information content (AvgIpc) is 2.44. The molecule has 0 aliphatic rings. The van der Waals surface area contributed by atoms with E-state index in [4.69, 9.17) is 11.6 Å². The van der Waals surface area contributed by atoms with Gasteiger partial charge in [-0.25, -0.2) is 0 Å². The Morgan fingerprint density at radius 2 is 2.07 bits per heavy atom. The highest BCUT2D eigenvalue weighted by molar-refractivity contribution is 7.12. The summed E-state index contributed by atoms with van der Waals surface area (Å²) in [6.45, 7) is 7.79. The van der Waals surface area contributed by atoms with E-state index in [1.54, 1.807) is 18.3 Å². The van der Waals surface area contributed by atoms with Crippen LogP contribution < -0.4 is 5.32 Å². The van der Waals surface area contributed by atoms with Crippen LogP contribution in [0.2, 0.25) is 0 Å². The largest absolute Gasteiger partial charge is 0.348 e. The molecule has 4 heteroatoms. The van der Waals surface area contributed by atoms with Crippen molar-refractivity contribution < 1.29 is 4.79 Å². The Balaban J connectivity index is 2.73. The van der Waals surface area contributed by atoms with Crippen molar-refractivity contribution in [2.24, 2.45) is 0 Å². The number of nitrogens with one attached hydrogen (secondary N) is 1. The first kappa shape index (κ1) is 12.5. The van der Waals surface area contributed by atoms with E-state index in [0.29, 0.717) is 0 Å². The second-order valence-corrected chi connectivity index (χ2v) is 5.83. The molecular weight excluding hydrogens is 230 g/mol. The van der Waals surface area contributed by atoms with Crippen LogP contribution in [-0.4, -0.2) is 11.3 Å². The van der Waals surface area contributed by atoms with Crippen molar-refractivity contribution in [3.05, 3.63) is 21.4 Å². The molecule has 1 amide bonds. The minimum atomic E-state index is -0.479. The number of hydrogen-bond acceptors (Lipinski definition) is 2. The highest BCUT2D eigenvalue weighted by atomic mass is 35.5. The van der Waals surface area contributed by atoms with E-state index in [1.807, 2.05) is 6.92 Å². The molecule has 2 unspecified atom stereocenters. The Hall–Kier alpha value is -0.540. The summed E-state index contributed by atoms with van der Waals surface area (Å²) in [5.74, 6) is -0.118. The number of rotatable bonds is 3. The fraction of sp³-hybridized carbons (Fsp3) is 0.545. The summed E-state index contributed by atoms with van der Waals surface area (Å²) in [7, 11) is 0. The second-order valence-electron chi connectivity index (χ2n) is 3.71. The molecule has 0 aliphatic heterocycles. The molecule has 1 aromatic heterocycles. The monoisotopic (exact) mass is 245 g/mol. The summed E-state index contributed by atoms with van der Waals surface area (Å²) in [4.78, 5) is 13.9. The van der Waals surface area contributed by atoms with Gasteiger partial charge in [0.1, 0.15) is 5.38 Å². The molecule has 1 heterocycles. The zero-order valence-corrected chi connectivity index (χ0v) is 11.0. The molecular formula is C11H16ClNOS. The van der Waals surface area contributed by atoms with Crippen LogP contribution >= 0.6 is 22.9 Å². The second kappa shape index (κ2) is 4.99. The number of halogens is 1. The molecule has 0 fully saturated rings. The highest BCUT2D eigenvalue weighted by Crippen LogP contribution is 2.26. The number of carbonyl (C=O) groups excluding carboxylic acids is 1. The summed E-state index contributed by atoms with van der Waals surface area (Å²) in [6.07, 6.45) is 0. The lowest BCUT2D eigenvalue weighted by Crippen LogP contribution is -2.32. The molecule has 0 saturated heterocycles. The predicted octanol–water partition coefficient (Wildman–Crippen LogP) is 3.17. The Labute approximate surface area is 99.6 Å². The fourth-order valence-electron chi connectivity index (χ4n) is 1.49. The number of aryl methyl sites for hydroxylation is 2. The van der Waals surface area contributed by atoms with Gasteiger partial charge >= 0.3 is 0 Å². The lowest BCUT2D eigenvalue weighted by molar-refractivity contribution is -0.121. The van der Waals surface area contributed by atoms with Gasteiger partial charge in [0.25, 0.3) is 0 Å². The van der Waals surface area contributed by atoms with Crippen molar-refractivity contribution in [2.45, 2.75) is 39.1 Å². The van der Waals surface area contributed by atoms with Crippen LogP contribution in [0.1, 0.15) is 35.2 Å². The third-order valence-corrected chi connectivity index (χ3v) is 3.45. The van der Waals surface area contributed by atoms with Crippen molar-refractivity contribution in [1.29, 1.82) is 0 Å². The van der Waals surface area contributed by atoms with Crippen LogP contribution in [-0.2, 0) is 4.79 Å². The Morgan fingerprint density at radius 3 is 2.47 bits per heavy atom. The molecule has 84 valence electrons. The SMILES string of the molecule is Cc1cc(C(C)NC(=O)C(C)Cl)c(C)s1. The molecule has 0 saturated carbocycles. The topological polar surface area (TPSA) is 29.1 Å². The normalized spacial score (nSPS) is 14.7. The van der Waals surface area contributed by atoms with Gasteiger partial charge in [-0.2, -0.15) is 0 Å². The number of hydrogen-bond donors (Lipinski definition) is 1. The zero-order chi connectivity index (χ0) is 11.6. The minimum Gasteiger partial charge on any atom is -0.348 e. The van der Waals surface area contributed by atoms with Crippen molar-refractivity contribution in [3.63, 3.8) is 0 Å². The molecule has 0 radical (unpaired) electrons. The van der Waals surface area contributed by atoms with E-state index < -0.39 is 5.38 Å². The van der Waals surface area contributed by atoms with Gasteiger partial charge in [0, 0.05) is 9.75 Å². The van der Waals surface area contributed by atoms with Crippen LogP contribution in [0.15, 0.2) is 6.07 Å². The molecule has 0 aromatic carbocycles. The van der Waals surface area contributed by atoms with E-state index in [0.717, 1.165) is 0 Å². The number of amides is 1. The highest BCUT2D eigenvalue weighted by Gasteiger charge is 2.16. The first-order valence-electron chi connectivity index (χ1n) is 4.93. The third kappa shape index (κ3) is 3.21. The van der Waals surface area contributed by atoms with Gasteiger partial charge in [-0.15, -0.1) is 22.9 Å². The van der Waals surface area contributed by atoms with Crippen LogP contribution in [0.4, 0.5) is 0 Å². The molecule has 2 atom stereocenters.